The summed E-state index contributed by atoms with van der Waals surface area (Å²) in [6, 6.07) is 3.14. The van der Waals surface area contributed by atoms with Crippen molar-refractivity contribution in [2.75, 3.05) is 23.8 Å². The number of carbonyl (C=O) groups is 2. The Hall–Kier alpha value is -2.29. The number of H-pyrrole nitrogens is 1. The summed E-state index contributed by atoms with van der Waals surface area (Å²) in [5.74, 6) is -0.135. The molecule has 2 amide bonds. The topological polar surface area (TPSA) is 108 Å². The summed E-state index contributed by atoms with van der Waals surface area (Å²) in [5, 5.41) is 15.9. The van der Waals surface area contributed by atoms with Crippen LogP contribution in [0.1, 0.15) is 21.7 Å². The number of nitrogens with zero attached hydrogens (tertiary/aromatic N) is 1. The van der Waals surface area contributed by atoms with E-state index in [4.69, 9.17) is 16.3 Å². The Morgan fingerprint density at radius 2 is 2.20 bits per heavy atom. The van der Waals surface area contributed by atoms with Crippen LogP contribution in [0.3, 0.4) is 0 Å². The second-order valence-corrected chi connectivity index (χ2v) is 5.98. The van der Waals surface area contributed by atoms with E-state index in [0.29, 0.717) is 34.4 Å². The maximum Gasteiger partial charge on any atom is 0.276 e. The first-order chi connectivity index (χ1) is 11.6. The van der Waals surface area contributed by atoms with Crippen molar-refractivity contribution in [1.29, 1.82) is 0 Å². The lowest BCUT2D eigenvalue weighted by molar-refractivity contribution is -0.118. The van der Waals surface area contributed by atoms with Gasteiger partial charge < -0.3 is 20.7 Å². The third-order valence-corrected chi connectivity index (χ3v) is 4.28. The molecule has 0 bridgehead atoms. The third kappa shape index (κ3) is 3.28. The van der Waals surface area contributed by atoms with Gasteiger partial charge in [0.15, 0.2) is 12.3 Å². The standard InChI is InChI=1S/C15H14ClN5O3.ClH/c16-8-3-11-12(24-6-13(22)18-11)4-10(8)19-15(23)14-7-5-17-2-1-9(7)20-21-14;/h3-4,17H,1-2,5-6H2,(H,18,22)(H,19,23)(H,20,21);1H. The highest BCUT2D eigenvalue weighted by molar-refractivity contribution is 6.34. The Balaban J connectivity index is 0.00000182. The molecule has 1 aromatic heterocycles. The van der Waals surface area contributed by atoms with Gasteiger partial charge in [0.05, 0.1) is 16.4 Å². The van der Waals surface area contributed by atoms with E-state index < -0.39 is 0 Å². The summed E-state index contributed by atoms with van der Waals surface area (Å²) >= 11 is 6.20. The summed E-state index contributed by atoms with van der Waals surface area (Å²) in [6.07, 6.45) is 0.808. The molecule has 132 valence electrons. The molecule has 10 heteroatoms. The van der Waals surface area contributed by atoms with Crippen LogP contribution < -0.4 is 20.7 Å². The van der Waals surface area contributed by atoms with Crippen molar-refractivity contribution in [2.45, 2.75) is 13.0 Å². The molecule has 0 saturated carbocycles. The molecule has 0 aliphatic carbocycles. The summed E-state index contributed by atoms with van der Waals surface area (Å²) in [6.45, 7) is 1.39. The molecule has 3 heterocycles. The summed E-state index contributed by atoms with van der Waals surface area (Å²) in [7, 11) is 0. The van der Waals surface area contributed by atoms with Gasteiger partial charge in [-0.15, -0.1) is 12.4 Å². The van der Waals surface area contributed by atoms with Crippen LogP contribution in [0.5, 0.6) is 5.75 Å². The van der Waals surface area contributed by atoms with Gasteiger partial charge >= 0.3 is 0 Å². The van der Waals surface area contributed by atoms with E-state index in [9.17, 15) is 9.59 Å². The molecule has 1 aromatic carbocycles. The van der Waals surface area contributed by atoms with Gasteiger partial charge in [-0.2, -0.15) is 5.10 Å². The van der Waals surface area contributed by atoms with Crippen LogP contribution in [0.25, 0.3) is 0 Å². The maximum atomic E-state index is 12.5. The number of amides is 2. The quantitative estimate of drug-likeness (QED) is 0.631. The molecule has 0 atom stereocenters. The Labute approximate surface area is 154 Å². The minimum atomic E-state index is -0.349. The van der Waals surface area contributed by atoms with Gasteiger partial charge in [-0.3, -0.25) is 14.7 Å². The number of rotatable bonds is 2. The van der Waals surface area contributed by atoms with Crippen molar-refractivity contribution in [2.24, 2.45) is 0 Å². The lowest BCUT2D eigenvalue weighted by atomic mass is 10.1. The van der Waals surface area contributed by atoms with Gasteiger partial charge in [0.1, 0.15) is 5.75 Å². The van der Waals surface area contributed by atoms with E-state index in [-0.39, 0.29) is 30.8 Å². The number of aromatic amines is 1. The van der Waals surface area contributed by atoms with Crippen molar-refractivity contribution >= 4 is 47.2 Å². The fraction of sp³-hybridized carbons (Fsp3) is 0.267. The fourth-order valence-electron chi connectivity index (χ4n) is 2.79. The average Bonchev–Trinajstić information content (AvgIpc) is 3.00. The Morgan fingerprint density at radius 3 is 3.04 bits per heavy atom. The number of benzene rings is 1. The third-order valence-electron chi connectivity index (χ3n) is 3.97. The molecule has 0 unspecified atom stereocenters. The molecule has 2 aromatic rings. The average molecular weight is 384 g/mol. The highest BCUT2D eigenvalue weighted by Gasteiger charge is 2.23. The number of carbonyl (C=O) groups excluding carboxylic acids is 2. The van der Waals surface area contributed by atoms with E-state index in [1.165, 1.54) is 0 Å². The summed E-state index contributed by atoms with van der Waals surface area (Å²) in [4.78, 5) is 23.9. The molecule has 25 heavy (non-hydrogen) atoms. The van der Waals surface area contributed by atoms with Crippen molar-refractivity contribution < 1.29 is 14.3 Å². The number of hydrogen-bond donors (Lipinski definition) is 4. The predicted molar refractivity (Wildman–Crippen MR) is 94.8 cm³/mol. The normalized spacial score (nSPS) is 15.2. The van der Waals surface area contributed by atoms with E-state index in [2.05, 4.69) is 26.1 Å². The van der Waals surface area contributed by atoms with Crippen molar-refractivity contribution in [3.8, 4) is 5.75 Å². The molecule has 0 fully saturated rings. The van der Waals surface area contributed by atoms with E-state index in [0.717, 1.165) is 24.2 Å². The SMILES string of the molecule is Cl.O=C1COc2cc(NC(=O)c3n[nH]c4c3CNCC4)c(Cl)cc2N1. The number of ether oxygens (including phenoxy) is 1. The monoisotopic (exact) mass is 383 g/mol. The predicted octanol–water partition coefficient (Wildman–Crippen LogP) is 1.71. The highest BCUT2D eigenvalue weighted by Crippen LogP contribution is 2.36. The van der Waals surface area contributed by atoms with Crippen LogP contribution in [0, 0.1) is 0 Å². The van der Waals surface area contributed by atoms with Crippen LogP contribution in [-0.4, -0.2) is 35.2 Å². The molecule has 8 nitrogen and oxygen atoms in total. The van der Waals surface area contributed by atoms with E-state index in [1.807, 2.05) is 0 Å². The van der Waals surface area contributed by atoms with Gasteiger partial charge in [-0.25, -0.2) is 0 Å². The number of aromatic nitrogens is 2. The van der Waals surface area contributed by atoms with Gasteiger partial charge in [0.25, 0.3) is 11.8 Å². The van der Waals surface area contributed by atoms with Crippen LogP contribution >= 0.6 is 24.0 Å². The molecule has 0 spiro atoms. The first-order valence-electron chi connectivity index (χ1n) is 7.46. The van der Waals surface area contributed by atoms with Crippen LogP contribution in [0.2, 0.25) is 5.02 Å². The Kier molecular flexibility index (Phi) is 4.85. The number of nitrogens with one attached hydrogen (secondary N) is 4. The molecule has 4 N–H and O–H groups in total. The number of hydrogen-bond acceptors (Lipinski definition) is 5. The zero-order valence-corrected chi connectivity index (χ0v) is 14.5. The molecule has 0 radical (unpaired) electrons. The minimum Gasteiger partial charge on any atom is -0.482 e. The second kappa shape index (κ2) is 6.91. The molecule has 0 saturated heterocycles. The van der Waals surface area contributed by atoms with Crippen molar-refractivity contribution in [1.82, 2.24) is 15.5 Å². The number of anilines is 2. The first-order valence-corrected chi connectivity index (χ1v) is 7.84. The zero-order chi connectivity index (χ0) is 16.7. The van der Waals surface area contributed by atoms with Crippen LogP contribution in [-0.2, 0) is 17.8 Å². The molecular weight excluding hydrogens is 369 g/mol. The molecule has 4 rings (SSSR count). The van der Waals surface area contributed by atoms with Gasteiger partial charge in [-0.05, 0) is 6.07 Å². The first kappa shape index (κ1) is 17.5. The number of halogens is 2. The summed E-state index contributed by atoms with van der Waals surface area (Å²) in [5.41, 5.74) is 3.07. The van der Waals surface area contributed by atoms with Crippen LogP contribution in [0.15, 0.2) is 12.1 Å². The van der Waals surface area contributed by atoms with Crippen LogP contribution in [0.4, 0.5) is 11.4 Å². The fourth-order valence-corrected chi connectivity index (χ4v) is 3.00. The maximum absolute atomic E-state index is 12.5. The van der Waals surface area contributed by atoms with Gasteiger partial charge in [-0.1, -0.05) is 11.6 Å². The Bertz CT molecular complexity index is 852. The number of fused-ring (bicyclic) bond motifs is 2. The molecule has 2 aliphatic rings. The molecular formula is C15H15Cl2N5O3. The smallest absolute Gasteiger partial charge is 0.276 e. The van der Waals surface area contributed by atoms with Crippen molar-refractivity contribution in [3.05, 3.63) is 34.1 Å². The van der Waals surface area contributed by atoms with Crippen molar-refractivity contribution in [3.63, 3.8) is 0 Å². The lowest BCUT2D eigenvalue weighted by Crippen LogP contribution is -2.26. The van der Waals surface area contributed by atoms with E-state index in [1.54, 1.807) is 12.1 Å². The summed E-state index contributed by atoms with van der Waals surface area (Å²) < 4.78 is 5.34. The molecule has 2 aliphatic heterocycles. The zero-order valence-electron chi connectivity index (χ0n) is 12.9. The van der Waals surface area contributed by atoms with Gasteiger partial charge in [0.2, 0.25) is 0 Å². The lowest BCUT2D eigenvalue weighted by Gasteiger charge is -2.19. The van der Waals surface area contributed by atoms with E-state index >= 15 is 0 Å². The van der Waals surface area contributed by atoms with Gasteiger partial charge in [0, 0.05) is 36.8 Å². The highest BCUT2D eigenvalue weighted by atomic mass is 35.5. The second-order valence-electron chi connectivity index (χ2n) is 5.58. The Morgan fingerprint density at radius 1 is 1.36 bits per heavy atom. The minimum absolute atomic E-state index is 0. The largest absolute Gasteiger partial charge is 0.482 e.